The fourth-order valence-corrected chi connectivity index (χ4v) is 2.70. The molecule has 2 rings (SSSR count). The highest BCUT2D eigenvalue weighted by Crippen LogP contribution is 2.30. The first-order valence-corrected chi connectivity index (χ1v) is 8.27. The molecule has 0 aliphatic carbocycles. The maximum Gasteiger partial charge on any atom is 0.410 e. The molecule has 0 spiro atoms. The van der Waals surface area contributed by atoms with Crippen molar-refractivity contribution in [3.63, 3.8) is 0 Å². The summed E-state index contributed by atoms with van der Waals surface area (Å²) in [4.78, 5) is 26.5. The Kier molecular flexibility index (Phi) is 5.77. The molecule has 1 fully saturated rings. The second-order valence-corrected chi connectivity index (χ2v) is 6.89. The number of amides is 2. The van der Waals surface area contributed by atoms with Crippen molar-refractivity contribution in [3.8, 4) is 11.5 Å². The molecule has 7 heteroatoms. The smallest absolute Gasteiger partial charge is 0.410 e. The first-order valence-electron chi connectivity index (χ1n) is 8.27. The molecule has 1 aromatic rings. The Balaban J connectivity index is 2.10. The van der Waals surface area contributed by atoms with Crippen LogP contribution >= 0.6 is 0 Å². The normalized spacial score (nSPS) is 17.2. The zero-order valence-corrected chi connectivity index (χ0v) is 15.4. The van der Waals surface area contributed by atoms with E-state index in [-0.39, 0.29) is 5.91 Å². The van der Waals surface area contributed by atoms with Gasteiger partial charge in [-0.2, -0.15) is 0 Å². The van der Waals surface area contributed by atoms with Crippen molar-refractivity contribution in [2.75, 3.05) is 26.1 Å². The summed E-state index contributed by atoms with van der Waals surface area (Å²) in [5.74, 6) is 0.868. The zero-order chi connectivity index (χ0) is 18.6. The Morgan fingerprint density at radius 3 is 2.52 bits per heavy atom. The Morgan fingerprint density at radius 1 is 1.20 bits per heavy atom. The highest BCUT2D eigenvalue weighted by Gasteiger charge is 2.36. The van der Waals surface area contributed by atoms with Gasteiger partial charge in [0.25, 0.3) is 0 Å². The number of nitrogens with one attached hydrogen (secondary N) is 1. The van der Waals surface area contributed by atoms with E-state index in [0.717, 1.165) is 6.42 Å². The van der Waals surface area contributed by atoms with Crippen molar-refractivity contribution in [1.82, 2.24) is 4.90 Å². The third-order valence-electron chi connectivity index (χ3n) is 3.85. The van der Waals surface area contributed by atoms with Gasteiger partial charge in [0.15, 0.2) is 0 Å². The van der Waals surface area contributed by atoms with Crippen LogP contribution in [0.5, 0.6) is 11.5 Å². The molecule has 138 valence electrons. The molecule has 1 aromatic carbocycles. The summed E-state index contributed by atoms with van der Waals surface area (Å²) in [7, 11) is 3.08. The second-order valence-electron chi connectivity index (χ2n) is 6.89. The molecule has 1 aliphatic rings. The third-order valence-corrected chi connectivity index (χ3v) is 3.85. The number of ether oxygens (including phenoxy) is 3. The highest BCUT2D eigenvalue weighted by molar-refractivity contribution is 5.98. The number of nitrogens with zero attached hydrogens (tertiary/aromatic N) is 1. The Labute approximate surface area is 148 Å². The van der Waals surface area contributed by atoms with Crippen LogP contribution in [0.25, 0.3) is 0 Å². The molecule has 1 saturated heterocycles. The predicted molar refractivity (Wildman–Crippen MR) is 94.1 cm³/mol. The van der Waals surface area contributed by atoms with E-state index in [1.165, 1.54) is 12.0 Å². The maximum atomic E-state index is 12.7. The van der Waals surface area contributed by atoms with Gasteiger partial charge < -0.3 is 19.5 Å². The average Bonchev–Trinajstić information content (AvgIpc) is 3.03. The lowest BCUT2D eigenvalue weighted by Crippen LogP contribution is -2.45. The fourth-order valence-electron chi connectivity index (χ4n) is 2.70. The first-order chi connectivity index (χ1) is 11.7. The largest absolute Gasteiger partial charge is 0.497 e. The van der Waals surface area contributed by atoms with Gasteiger partial charge in [0, 0.05) is 12.6 Å². The van der Waals surface area contributed by atoms with Gasteiger partial charge in [-0.05, 0) is 45.7 Å². The minimum absolute atomic E-state index is 0.258. The number of carbonyl (C=O) groups is 2. The van der Waals surface area contributed by atoms with Gasteiger partial charge in [-0.3, -0.25) is 9.69 Å². The van der Waals surface area contributed by atoms with E-state index in [2.05, 4.69) is 5.32 Å². The maximum absolute atomic E-state index is 12.7. The second kappa shape index (κ2) is 7.63. The van der Waals surface area contributed by atoms with Crippen LogP contribution in [-0.2, 0) is 9.53 Å². The third kappa shape index (κ3) is 4.78. The van der Waals surface area contributed by atoms with Crippen molar-refractivity contribution < 1.29 is 23.8 Å². The lowest BCUT2D eigenvalue weighted by atomic mass is 10.2. The molecule has 1 N–H and O–H groups in total. The van der Waals surface area contributed by atoms with Crippen LogP contribution in [0.3, 0.4) is 0 Å². The van der Waals surface area contributed by atoms with Gasteiger partial charge in [0.2, 0.25) is 5.91 Å². The van der Waals surface area contributed by atoms with E-state index in [4.69, 9.17) is 14.2 Å². The van der Waals surface area contributed by atoms with Crippen molar-refractivity contribution in [3.05, 3.63) is 18.2 Å². The molecule has 1 aliphatic heterocycles. The van der Waals surface area contributed by atoms with Crippen molar-refractivity contribution in [1.29, 1.82) is 0 Å². The summed E-state index contributed by atoms with van der Waals surface area (Å²) in [6.45, 7) is 5.92. The fraction of sp³-hybridized carbons (Fsp3) is 0.556. The van der Waals surface area contributed by atoms with Gasteiger partial charge in [-0.25, -0.2) is 4.79 Å². The lowest BCUT2D eigenvalue weighted by molar-refractivity contribution is -0.120. The summed E-state index contributed by atoms with van der Waals surface area (Å²) >= 11 is 0. The number of rotatable bonds is 4. The summed E-state index contributed by atoms with van der Waals surface area (Å²) in [5.41, 5.74) is -0.0655. The average molecular weight is 350 g/mol. The van der Waals surface area contributed by atoms with Crippen molar-refractivity contribution >= 4 is 17.7 Å². The molecule has 1 atom stereocenters. The Bertz CT molecular complexity index is 639. The van der Waals surface area contributed by atoms with Crippen LogP contribution < -0.4 is 14.8 Å². The molecule has 1 heterocycles. The van der Waals surface area contributed by atoms with Crippen LogP contribution in [0.15, 0.2) is 18.2 Å². The SMILES string of the molecule is COc1ccc(NC(=O)[C@@H]2CCCN2C(=O)OC(C)(C)C)c(OC)c1. The van der Waals surface area contributed by atoms with E-state index < -0.39 is 17.7 Å². The van der Waals surface area contributed by atoms with E-state index in [1.807, 2.05) is 0 Å². The summed E-state index contributed by atoms with van der Waals surface area (Å²) in [5, 5.41) is 2.83. The summed E-state index contributed by atoms with van der Waals surface area (Å²) < 4.78 is 15.8. The predicted octanol–water partition coefficient (Wildman–Crippen LogP) is 3.04. The van der Waals surface area contributed by atoms with Crippen molar-refractivity contribution in [2.24, 2.45) is 0 Å². The van der Waals surface area contributed by atoms with Gasteiger partial charge in [0.1, 0.15) is 23.1 Å². The molecule has 25 heavy (non-hydrogen) atoms. The molecule has 2 amide bonds. The van der Waals surface area contributed by atoms with Crippen LogP contribution in [0.4, 0.5) is 10.5 Å². The topological polar surface area (TPSA) is 77.1 Å². The number of likely N-dealkylation sites (tertiary alicyclic amines) is 1. The molecule has 0 saturated carbocycles. The van der Waals surface area contributed by atoms with Gasteiger partial charge in [-0.15, -0.1) is 0 Å². The number of anilines is 1. The number of benzene rings is 1. The van der Waals surface area contributed by atoms with Gasteiger partial charge in [0.05, 0.1) is 19.9 Å². The summed E-state index contributed by atoms with van der Waals surface area (Å²) in [6.07, 6.45) is 0.896. The molecule has 0 unspecified atom stereocenters. The molecule has 0 aromatic heterocycles. The van der Waals surface area contributed by atoms with Crippen LogP contribution in [-0.4, -0.2) is 49.3 Å². The van der Waals surface area contributed by atoms with E-state index in [9.17, 15) is 9.59 Å². The van der Waals surface area contributed by atoms with Crippen LogP contribution in [0, 0.1) is 0 Å². The summed E-state index contributed by atoms with van der Waals surface area (Å²) in [6, 6.07) is 4.58. The molecule has 7 nitrogen and oxygen atoms in total. The Morgan fingerprint density at radius 2 is 1.92 bits per heavy atom. The minimum Gasteiger partial charge on any atom is -0.497 e. The monoisotopic (exact) mass is 350 g/mol. The van der Waals surface area contributed by atoms with E-state index >= 15 is 0 Å². The number of carbonyl (C=O) groups excluding carboxylic acids is 2. The highest BCUT2D eigenvalue weighted by atomic mass is 16.6. The minimum atomic E-state index is -0.597. The lowest BCUT2D eigenvalue weighted by Gasteiger charge is -2.28. The standard InChI is InChI=1S/C18H26N2O5/c1-18(2,3)25-17(22)20-10-6-7-14(20)16(21)19-13-9-8-12(23-4)11-15(13)24-5/h8-9,11,14H,6-7,10H2,1-5H3,(H,19,21)/t14-/m0/s1. The van der Waals surface area contributed by atoms with E-state index in [0.29, 0.717) is 30.2 Å². The van der Waals surface area contributed by atoms with Gasteiger partial charge >= 0.3 is 6.09 Å². The first kappa shape index (κ1) is 18.9. The Hall–Kier alpha value is -2.44. The molecule has 0 bridgehead atoms. The number of hydrogen-bond donors (Lipinski definition) is 1. The number of hydrogen-bond acceptors (Lipinski definition) is 5. The molecular formula is C18H26N2O5. The molecule has 0 radical (unpaired) electrons. The van der Waals surface area contributed by atoms with Crippen LogP contribution in [0.2, 0.25) is 0 Å². The van der Waals surface area contributed by atoms with Crippen LogP contribution in [0.1, 0.15) is 33.6 Å². The van der Waals surface area contributed by atoms with Crippen molar-refractivity contribution in [2.45, 2.75) is 45.3 Å². The quantitative estimate of drug-likeness (QED) is 0.903. The zero-order valence-electron chi connectivity index (χ0n) is 15.4. The number of methoxy groups -OCH3 is 2. The molecular weight excluding hydrogens is 324 g/mol. The van der Waals surface area contributed by atoms with Gasteiger partial charge in [-0.1, -0.05) is 0 Å². The van der Waals surface area contributed by atoms with E-state index in [1.54, 1.807) is 46.1 Å².